The molecule has 0 aliphatic rings. The third-order valence-electron chi connectivity index (χ3n) is 1.19. The molecule has 0 bridgehead atoms. The highest BCUT2D eigenvalue weighted by Crippen LogP contribution is 2.35. The topological polar surface area (TPSA) is 119 Å². The molecule has 0 saturated heterocycles. The van der Waals surface area contributed by atoms with Crippen molar-refractivity contribution in [3.63, 3.8) is 0 Å². The molecule has 0 aliphatic carbocycles. The Labute approximate surface area is 75.1 Å². The second-order valence-electron chi connectivity index (χ2n) is 2.24. The summed E-state index contributed by atoms with van der Waals surface area (Å²) in [7, 11) is -3.30. The average Bonchev–Trinajstić information content (AvgIpc) is 2.00. The van der Waals surface area contributed by atoms with Crippen molar-refractivity contribution in [3.8, 4) is 0 Å². The fourth-order valence-corrected chi connectivity index (χ4v) is 0.911. The average molecular weight is 213 g/mol. The van der Waals surface area contributed by atoms with Crippen molar-refractivity contribution < 1.29 is 28.4 Å². The van der Waals surface area contributed by atoms with Gasteiger partial charge >= 0.3 is 13.8 Å². The van der Waals surface area contributed by atoms with Gasteiger partial charge in [-0.15, -0.1) is 0 Å². The lowest BCUT2D eigenvalue weighted by Gasteiger charge is -2.09. The Morgan fingerprint density at radius 3 is 2.54 bits per heavy atom. The first-order chi connectivity index (χ1) is 5.87. The zero-order chi connectivity index (χ0) is 10.5. The summed E-state index contributed by atoms with van der Waals surface area (Å²) in [5, 5.41) is 0. The molecule has 7 nitrogen and oxygen atoms in total. The smallest absolute Gasteiger partial charge is 0.468 e. The SMILES string of the molecule is COC(=O)[C@@H](N)CCOP(=O)(O)O. The number of carbonyl (C=O) groups is 1. The second-order valence-corrected chi connectivity index (χ2v) is 3.48. The van der Waals surface area contributed by atoms with Crippen molar-refractivity contribution in [2.45, 2.75) is 12.5 Å². The Hall–Kier alpha value is -0.460. The van der Waals surface area contributed by atoms with Crippen LogP contribution in [0, 0.1) is 0 Å². The number of hydrogen-bond acceptors (Lipinski definition) is 5. The Kier molecular flexibility index (Phi) is 5.12. The van der Waals surface area contributed by atoms with Crippen LogP contribution in [0.1, 0.15) is 6.42 Å². The first-order valence-corrected chi connectivity index (χ1v) is 4.93. The molecule has 0 aliphatic heterocycles. The summed E-state index contributed by atoms with van der Waals surface area (Å²) in [5.74, 6) is -0.644. The molecule has 0 fully saturated rings. The lowest BCUT2D eigenvalue weighted by Crippen LogP contribution is -2.32. The third kappa shape index (κ3) is 6.68. The molecule has 4 N–H and O–H groups in total. The van der Waals surface area contributed by atoms with E-state index in [0.717, 1.165) is 0 Å². The number of nitrogens with two attached hydrogens (primary N) is 1. The van der Waals surface area contributed by atoms with Gasteiger partial charge in [0.05, 0.1) is 13.7 Å². The minimum atomic E-state index is -4.47. The molecule has 0 saturated carbocycles. The molecule has 0 rings (SSSR count). The van der Waals surface area contributed by atoms with Gasteiger partial charge in [0.1, 0.15) is 6.04 Å². The molecule has 1 atom stereocenters. The van der Waals surface area contributed by atoms with E-state index in [1.54, 1.807) is 0 Å². The minimum Gasteiger partial charge on any atom is -0.468 e. The van der Waals surface area contributed by atoms with Gasteiger partial charge in [0.25, 0.3) is 0 Å². The predicted octanol–water partition coefficient (Wildman–Crippen LogP) is -1.01. The summed E-state index contributed by atoms with van der Waals surface area (Å²) in [6.45, 7) is -0.291. The summed E-state index contributed by atoms with van der Waals surface area (Å²) in [4.78, 5) is 27.2. The van der Waals surface area contributed by atoms with Gasteiger partial charge in [-0.3, -0.25) is 9.32 Å². The van der Waals surface area contributed by atoms with Crippen molar-refractivity contribution in [2.24, 2.45) is 5.73 Å². The van der Waals surface area contributed by atoms with Crippen LogP contribution in [0.4, 0.5) is 0 Å². The molecule has 0 unspecified atom stereocenters. The van der Waals surface area contributed by atoms with E-state index >= 15 is 0 Å². The summed E-state index contributed by atoms with van der Waals surface area (Å²) < 4.78 is 18.5. The predicted molar refractivity (Wildman–Crippen MR) is 42.6 cm³/mol. The monoisotopic (exact) mass is 213 g/mol. The number of esters is 1. The maximum absolute atomic E-state index is 10.7. The number of phosphoric ester groups is 1. The molecule has 8 heteroatoms. The van der Waals surface area contributed by atoms with Crippen molar-refractivity contribution in [1.82, 2.24) is 0 Å². The second kappa shape index (κ2) is 5.31. The summed E-state index contributed by atoms with van der Waals surface area (Å²) >= 11 is 0. The fraction of sp³-hybridized carbons (Fsp3) is 0.800. The van der Waals surface area contributed by atoms with E-state index in [0.29, 0.717) is 0 Å². The zero-order valence-electron chi connectivity index (χ0n) is 7.04. The molecule has 78 valence electrons. The lowest BCUT2D eigenvalue weighted by molar-refractivity contribution is -0.142. The molecule has 13 heavy (non-hydrogen) atoms. The number of hydrogen-bond donors (Lipinski definition) is 3. The van der Waals surface area contributed by atoms with Crippen LogP contribution in [0.15, 0.2) is 0 Å². The Morgan fingerprint density at radius 2 is 2.15 bits per heavy atom. The van der Waals surface area contributed by atoms with E-state index in [-0.39, 0.29) is 13.0 Å². The van der Waals surface area contributed by atoms with Crippen LogP contribution in [0.2, 0.25) is 0 Å². The van der Waals surface area contributed by atoms with Crippen LogP contribution in [0.25, 0.3) is 0 Å². The summed E-state index contributed by atoms with van der Waals surface area (Å²) in [6, 6.07) is -0.920. The largest absolute Gasteiger partial charge is 0.469 e. The van der Waals surface area contributed by atoms with E-state index in [2.05, 4.69) is 9.26 Å². The molecular weight excluding hydrogens is 201 g/mol. The number of ether oxygens (including phenoxy) is 1. The number of methoxy groups -OCH3 is 1. The quantitative estimate of drug-likeness (QED) is 0.395. The lowest BCUT2D eigenvalue weighted by atomic mass is 10.2. The van der Waals surface area contributed by atoms with E-state index in [1.165, 1.54) is 7.11 Å². The zero-order valence-corrected chi connectivity index (χ0v) is 7.94. The van der Waals surface area contributed by atoms with Gasteiger partial charge in [0, 0.05) is 0 Å². The molecule has 0 aromatic heterocycles. The molecule has 0 aromatic rings. The standard InChI is InChI=1S/C5H12NO6P/c1-11-5(7)4(6)2-3-12-13(8,9)10/h4H,2-3,6H2,1H3,(H2,8,9,10)/t4-/m0/s1. The highest BCUT2D eigenvalue weighted by atomic mass is 31.2. The van der Waals surface area contributed by atoms with Crippen LogP contribution in [0.5, 0.6) is 0 Å². The highest BCUT2D eigenvalue weighted by molar-refractivity contribution is 7.46. The normalized spacial score (nSPS) is 13.8. The van der Waals surface area contributed by atoms with Crippen LogP contribution in [-0.2, 0) is 18.6 Å². The van der Waals surface area contributed by atoms with Gasteiger partial charge in [-0.05, 0) is 6.42 Å². The van der Waals surface area contributed by atoms with Gasteiger partial charge in [0.2, 0.25) is 0 Å². The molecule has 0 spiro atoms. The van der Waals surface area contributed by atoms with Crippen LogP contribution in [0.3, 0.4) is 0 Å². The molecule has 0 radical (unpaired) electrons. The van der Waals surface area contributed by atoms with E-state index in [4.69, 9.17) is 15.5 Å². The third-order valence-corrected chi connectivity index (χ3v) is 1.71. The highest BCUT2D eigenvalue weighted by Gasteiger charge is 2.17. The maximum Gasteiger partial charge on any atom is 0.469 e. The van der Waals surface area contributed by atoms with Gasteiger partial charge in [-0.1, -0.05) is 0 Å². The Morgan fingerprint density at radius 1 is 1.62 bits per heavy atom. The summed E-state index contributed by atoms with van der Waals surface area (Å²) in [6.07, 6.45) is -0.00220. The number of phosphoric acid groups is 1. The Balaban J connectivity index is 3.66. The van der Waals surface area contributed by atoms with Gasteiger partial charge in [-0.25, -0.2) is 4.57 Å². The van der Waals surface area contributed by atoms with Crippen LogP contribution < -0.4 is 5.73 Å². The van der Waals surface area contributed by atoms with Crippen molar-refractivity contribution in [3.05, 3.63) is 0 Å². The first kappa shape index (κ1) is 12.5. The van der Waals surface area contributed by atoms with E-state index < -0.39 is 19.8 Å². The van der Waals surface area contributed by atoms with Gasteiger partial charge in [-0.2, -0.15) is 0 Å². The molecule has 0 aromatic carbocycles. The summed E-state index contributed by atoms with van der Waals surface area (Å²) in [5.41, 5.74) is 5.25. The van der Waals surface area contributed by atoms with Crippen LogP contribution >= 0.6 is 7.82 Å². The molecular formula is C5H12NO6P. The fourth-order valence-electron chi connectivity index (χ4n) is 0.568. The first-order valence-electron chi connectivity index (χ1n) is 3.40. The number of carbonyl (C=O) groups excluding carboxylic acids is 1. The van der Waals surface area contributed by atoms with Gasteiger partial charge < -0.3 is 20.3 Å². The van der Waals surface area contributed by atoms with Crippen molar-refractivity contribution in [1.29, 1.82) is 0 Å². The molecule has 0 heterocycles. The minimum absolute atomic E-state index is 0.00220. The van der Waals surface area contributed by atoms with E-state index in [1.807, 2.05) is 0 Å². The van der Waals surface area contributed by atoms with Crippen LogP contribution in [-0.4, -0.2) is 35.5 Å². The van der Waals surface area contributed by atoms with E-state index in [9.17, 15) is 9.36 Å². The Bertz CT molecular complexity index is 213. The molecule has 0 amide bonds. The number of rotatable bonds is 5. The van der Waals surface area contributed by atoms with Gasteiger partial charge in [0.15, 0.2) is 0 Å². The van der Waals surface area contributed by atoms with Crippen molar-refractivity contribution in [2.75, 3.05) is 13.7 Å². The maximum atomic E-state index is 10.7. The van der Waals surface area contributed by atoms with Crippen molar-refractivity contribution >= 4 is 13.8 Å².